The molecule has 0 spiro atoms. The van der Waals surface area contributed by atoms with Crippen molar-refractivity contribution in [3.05, 3.63) is 65.6 Å². The predicted molar refractivity (Wildman–Crippen MR) is 94.1 cm³/mol. The number of carbonyl (C=O) groups excluding carboxylic acids is 2. The molecule has 0 aliphatic heterocycles. The van der Waals surface area contributed by atoms with E-state index in [9.17, 15) is 14.0 Å². The van der Waals surface area contributed by atoms with Crippen molar-refractivity contribution in [1.82, 2.24) is 15.5 Å². The van der Waals surface area contributed by atoms with Crippen LogP contribution in [-0.2, 0) is 16.0 Å². The Labute approximate surface area is 149 Å². The number of ether oxygens (including phenoxy) is 1. The molecule has 1 atom stereocenters. The Hall–Kier alpha value is -3.22. The number of aromatic amines is 1. The van der Waals surface area contributed by atoms with Crippen LogP contribution in [0.15, 0.2) is 48.5 Å². The van der Waals surface area contributed by atoms with Gasteiger partial charge in [-0.25, -0.2) is 9.18 Å². The molecule has 0 saturated heterocycles. The van der Waals surface area contributed by atoms with Gasteiger partial charge in [-0.05, 0) is 37.1 Å². The molecule has 0 saturated carbocycles. The molecule has 0 radical (unpaired) electrons. The lowest BCUT2D eigenvalue weighted by Gasteiger charge is -2.13. The van der Waals surface area contributed by atoms with Gasteiger partial charge in [0.2, 0.25) is 0 Å². The highest BCUT2D eigenvalue weighted by molar-refractivity contribution is 6.02. The summed E-state index contributed by atoms with van der Waals surface area (Å²) in [6.07, 6.45) is -0.400. The molecule has 0 bridgehead atoms. The molecular weight excluding hydrogens is 337 g/mol. The lowest BCUT2D eigenvalue weighted by molar-refractivity contribution is -0.129. The third-order valence-corrected chi connectivity index (χ3v) is 3.94. The standard InChI is InChI=1S/C19H18FN3O3/c1-12(18(24)21-11-10-13-6-8-14(20)9-7-13)26-19(25)17-15-4-2-3-5-16(15)22-23-17/h2-9,12H,10-11H2,1H3,(H,21,24)(H,22,23)/t12-/m1/s1. The second kappa shape index (κ2) is 7.77. The van der Waals surface area contributed by atoms with E-state index in [0.717, 1.165) is 11.1 Å². The highest BCUT2D eigenvalue weighted by Gasteiger charge is 2.22. The smallest absolute Gasteiger partial charge is 0.360 e. The fourth-order valence-corrected chi connectivity index (χ4v) is 2.51. The lowest BCUT2D eigenvalue weighted by atomic mass is 10.1. The van der Waals surface area contributed by atoms with E-state index in [0.29, 0.717) is 18.4 Å². The SMILES string of the molecule is C[C@@H](OC(=O)c1n[nH]c2ccccc12)C(=O)NCCc1ccc(F)cc1. The topological polar surface area (TPSA) is 84.1 Å². The number of benzene rings is 2. The van der Waals surface area contributed by atoms with Gasteiger partial charge in [-0.2, -0.15) is 5.10 Å². The van der Waals surface area contributed by atoms with E-state index < -0.39 is 18.0 Å². The summed E-state index contributed by atoms with van der Waals surface area (Å²) in [6, 6.07) is 13.2. The van der Waals surface area contributed by atoms with Crippen molar-refractivity contribution in [2.45, 2.75) is 19.4 Å². The summed E-state index contributed by atoms with van der Waals surface area (Å²) in [5.74, 6) is -1.37. The molecule has 3 rings (SSSR count). The van der Waals surface area contributed by atoms with E-state index >= 15 is 0 Å². The summed E-state index contributed by atoms with van der Waals surface area (Å²) in [4.78, 5) is 24.3. The quantitative estimate of drug-likeness (QED) is 0.666. The van der Waals surface area contributed by atoms with Gasteiger partial charge in [-0.15, -0.1) is 0 Å². The average Bonchev–Trinajstić information content (AvgIpc) is 3.07. The normalized spacial score (nSPS) is 11.9. The number of esters is 1. The zero-order valence-electron chi connectivity index (χ0n) is 14.2. The molecule has 0 aliphatic carbocycles. The van der Waals surface area contributed by atoms with Gasteiger partial charge in [0.05, 0.1) is 5.52 Å². The minimum Gasteiger partial charge on any atom is -0.448 e. The number of nitrogens with zero attached hydrogens (tertiary/aromatic N) is 1. The molecule has 0 aliphatic rings. The first-order valence-corrected chi connectivity index (χ1v) is 8.21. The number of para-hydroxylation sites is 1. The molecule has 26 heavy (non-hydrogen) atoms. The number of carbonyl (C=O) groups is 2. The van der Waals surface area contributed by atoms with Crippen molar-refractivity contribution in [1.29, 1.82) is 0 Å². The summed E-state index contributed by atoms with van der Waals surface area (Å²) in [7, 11) is 0. The van der Waals surface area contributed by atoms with Crippen molar-refractivity contribution in [3.63, 3.8) is 0 Å². The fraction of sp³-hybridized carbons (Fsp3) is 0.211. The summed E-state index contributed by atoms with van der Waals surface area (Å²) >= 11 is 0. The molecule has 0 fully saturated rings. The number of halogens is 1. The van der Waals surface area contributed by atoms with Gasteiger partial charge in [0.25, 0.3) is 5.91 Å². The molecule has 1 aromatic heterocycles. The van der Waals surface area contributed by atoms with Crippen LogP contribution in [-0.4, -0.2) is 34.7 Å². The van der Waals surface area contributed by atoms with E-state index in [2.05, 4.69) is 15.5 Å². The average molecular weight is 355 g/mol. The molecule has 0 unspecified atom stereocenters. The molecular formula is C19H18FN3O3. The molecule has 1 amide bonds. The van der Waals surface area contributed by atoms with Gasteiger partial charge >= 0.3 is 5.97 Å². The Morgan fingerprint density at radius 2 is 1.92 bits per heavy atom. The molecule has 3 aromatic rings. The first-order chi connectivity index (χ1) is 12.5. The third kappa shape index (κ3) is 4.05. The molecule has 2 aromatic carbocycles. The van der Waals surface area contributed by atoms with Crippen LogP contribution >= 0.6 is 0 Å². The highest BCUT2D eigenvalue weighted by Crippen LogP contribution is 2.16. The zero-order valence-corrected chi connectivity index (χ0v) is 14.2. The number of amides is 1. The van der Waals surface area contributed by atoms with Crippen LogP contribution < -0.4 is 5.32 Å². The molecule has 6 nitrogen and oxygen atoms in total. The highest BCUT2D eigenvalue weighted by atomic mass is 19.1. The van der Waals surface area contributed by atoms with Crippen molar-refractivity contribution in [2.24, 2.45) is 0 Å². The van der Waals surface area contributed by atoms with E-state index in [1.165, 1.54) is 19.1 Å². The number of rotatable bonds is 6. The van der Waals surface area contributed by atoms with E-state index in [1.54, 1.807) is 30.3 Å². The van der Waals surface area contributed by atoms with E-state index in [-0.39, 0.29) is 11.5 Å². The second-order valence-corrected chi connectivity index (χ2v) is 5.83. The maximum atomic E-state index is 12.9. The van der Waals surface area contributed by atoms with Crippen LogP contribution in [0.2, 0.25) is 0 Å². The van der Waals surface area contributed by atoms with Gasteiger partial charge in [0.15, 0.2) is 11.8 Å². The summed E-state index contributed by atoms with van der Waals surface area (Å²) in [5, 5.41) is 10.0. The van der Waals surface area contributed by atoms with Crippen molar-refractivity contribution >= 4 is 22.8 Å². The minimum absolute atomic E-state index is 0.145. The Balaban J connectivity index is 1.52. The number of aromatic nitrogens is 2. The molecule has 2 N–H and O–H groups in total. The van der Waals surface area contributed by atoms with Crippen LogP contribution in [0.5, 0.6) is 0 Å². The Bertz CT molecular complexity index is 921. The van der Waals surface area contributed by atoms with E-state index in [4.69, 9.17) is 4.74 Å². The first-order valence-electron chi connectivity index (χ1n) is 8.21. The van der Waals surface area contributed by atoms with E-state index in [1.807, 2.05) is 6.07 Å². The Morgan fingerprint density at radius 1 is 1.19 bits per heavy atom. The molecule has 1 heterocycles. The van der Waals surface area contributed by atoms with Crippen LogP contribution in [0.1, 0.15) is 23.0 Å². The first kappa shape index (κ1) is 17.6. The Kier molecular flexibility index (Phi) is 5.26. The van der Waals surface area contributed by atoms with Crippen LogP contribution in [0.3, 0.4) is 0 Å². The minimum atomic E-state index is -0.953. The number of hydrogen-bond donors (Lipinski definition) is 2. The largest absolute Gasteiger partial charge is 0.448 e. The maximum Gasteiger partial charge on any atom is 0.360 e. The lowest BCUT2D eigenvalue weighted by Crippen LogP contribution is -2.37. The van der Waals surface area contributed by atoms with Crippen molar-refractivity contribution in [2.75, 3.05) is 6.54 Å². The van der Waals surface area contributed by atoms with Crippen LogP contribution in [0.25, 0.3) is 10.9 Å². The van der Waals surface area contributed by atoms with Gasteiger partial charge in [-0.3, -0.25) is 9.89 Å². The fourth-order valence-electron chi connectivity index (χ4n) is 2.51. The van der Waals surface area contributed by atoms with Crippen LogP contribution in [0, 0.1) is 5.82 Å². The molecule has 7 heteroatoms. The maximum absolute atomic E-state index is 12.9. The van der Waals surface area contributed by atoms with Crippen molar-refractivity contribution < 1.29 is 18.7 Å². The number of H-pyrrole nitrogens is 1. The zero-order chi connectivity index (χ0) is 18.5. The summed E-state index contributed by atoms with van der Waals surface area (Å²) in [6.45, 7) is 1.86. The molecule has 134 valence electrons. The predicted octanol–water partition coefficient (Wildman–Crippen LogP) is 2.61. The monoisotopic (exact) mass is 355 g/mol. The number of fused-ring (bicyclic) bond motifs is 1. The number of hydrogen-bond acceptors (Lipinski definition) is 4. The number of nitrogens with one attached hydrogen (secondary N) is 2. The van der Waals surface area contributed by atoms with Gasteiger partial charge in [0, 0.05) is 11.9 Å². The van der Waals surface area contributed by atoms with Gasteiger partial charge < -0.3 is 10.1 Å². The summed E-state index contributed by atoms with van der Waals surface area (Å²) < 4.78 is 18.1. The Morgan fingerprint density at radius 3 is 2.69 bits per heavy atom. The van der Waals surface area contributed by atoms with Crippen LogP contribution in [0.4, 0.5) is 4.39 Å². The second-order valence-electron chi connectivity index (χ2n) is 5.83. The van der Waals surface area contributed by atoms with Crippen molar-refractivity contribution in [3.8, 4) is 0 Å². The third-order valence-electron chi connectivity index (χ3n) is 3.94. The summed E-state index contributed by atoms with van der Waals surface area (Å²) in [5.41, 5.74) is 1.77. The van der Waals surface area contributed by atoms with Gasteiger partial charge in [-0.1, -0.05) is 30.3 Å². The van der Waals surface area contributed by atoms with Gasteiger partial charge in [0.1, 0.15) is 5.82 Å².